The van der Waals surface area contributed by atoms with Gasteiger partial charge in [-0.1, -0.05) is 23.7 Å². The van der Waals surface area contributed by atoms with Gasteiger partial charge in [-0.3, -0.25) is 9.36 Å². The van der Waals surface area contributed by atoms with Crippen LogP contribution in [0.1, 0.15) is 33.2 Å². The molecule has 0 bridgehead atoms. The molecule has 0 saturated carbocycles. The summed E-state index contributed by atoms with van der Waals surface area (Å²) in [5.41, 5.74) is -0.0854. The fraction of sp³-hybridized carbons (Fsp3) is 0.250. The van der Waals surface area contributed by atoms with Gasteiger partial charge in [0, 0.05) is 24.2 Å². The molecule has 39 heavy (non-hydrogen) atoms. The van der Waals surface area contributed by atoms with Crippen molar-refractivity contribution < 1.29 is 27.5 Å². The van der Waals surface area contributed by atoms with Crippen molar-refractivity contribution in [3.8, 4) is 17.1 Å². The number of nitrogens with zero attached hydrogens (tertiary/aromatic N) is 6. The number of carbonyl (C=O) groups is 2. The second kappa shape index (κ2) is 11.1. The van der Waals surface area contributed by atoms with E-state index in [0.717, 1.165) is 21.0 Å². The van der Waals surface area contributed by atoms with Crippen molar-refractivity contribution in [2.24, 2.45) is 0 Å². The lowest BCUT2D eigenvalue weighted by Crippen LogP contribution is -2.27. The molecule has 1 N–H and O–H groups in total. The predicted molar refractivity (Wildman–Crippen MR) is 133 cm³/mol. The smallest absolute Gasteiger partial charge is 0.390 e. The van der Waals surface area contributed by atoms with Gasteiger partial charge in [0.25, 0.3) is 5.91 Å². The molecule has 204 valence electrons. The summed E-state index contributed by atoms with van der Waals surface area (Å²) < 4.78 is 46.7. The van der Waals surface area contributed by atoms with Crippen LogP contribution in [0.15, 0.2) is 53.3 Å². The molecule has 0 aliphatic carbocycles. The monoisotopic (exact) mass is 563 g/mol. The van der Waals surface area contributed by atoms with E-state index >= 15 is 0 Å². The minimum atomic E-state index is -4.51. The molecule has 0 aliphatic rings. The van der Waals surface area contributed by atoms with Crippen molar-refractivity contribution in [1.82, 2.24) is 34.4 Å². The van der Waals surface area contributed by atoms with E-state index in [2.05, 4.69) is 20.5 Å². The van der Waals surface area contributed by atoms with Crippen LogP contribution in [0.2, 0.25) is 5.02 Å². The Bertz CT molecular complexity index is 1580. The Morgan fingerprint density at radius 3 is 2.41 bits per heavy atom. The van der Waals surface area contributed by atoms with Crippen molar-refractivity contribution in [2.45, 2.75) is 25.7 Å². The van der Waals surface area contributed by atoms with Gasteiger partial charge in [-0.05, 0) is 36.4 Å². The fourth-order valence-electron chi connectivity index (χ4n) is 3.73. The van der Waals surface area contributed by atoms with Crippen molar-refractivity contribution in [3.05, 3.63) is 81.3 Å². The third-order valence-electron chi connectivity index (χ3n) is 5.56. The predicted octanol–water partition coefficient (Wildman–Crippen LogP) is 3.09. The van der Waals surface area contributed by atoms with Crippen molar-refractivity contribution in [3.63, 3.8) is 0 Å². The van der Waals surface area contributed by atoms with E-state index in [1.807, 2.05) is 0 Å². The van der Waals surface area contributed by atoms with Gasteiger partial charge in [0.15, 0.2) is 11.6 Å². The zero-order chi connectivity index (χ0) is 28.3. The number of nitrogens with one attached hydrogen (secondary N) is 1. The zero-order valence-electron chi connectivity index (χ0n) is 20.6. The van der Waals surface area contributed by atoms with Crippen LogP contribution in [-0.4, -0.2) is 61.3 Å². The highest BCUT2D eigenvalue weighted by molar-refractivity contribution is 6.30. The standard InChI is InChI=1S/C24H21ClF3N7O4/c1-29-21(36)16-5-3-4-6-17(16)35-20(22(37)39-2)30-18(31-35)13-34-23(38)33(12-11-24(26,27)28)19(32-34)14-7-9-15(25)10-8-14/h3-10H,11-13H2,1-2H3,(H,29,36). The number of aromatic nitrogens is 6. The van der Waals surface area contributed by atoms with Crippen molar-refractivity contribution in [1.29, 1.82) is 0 Å². The first-order chi connectivity index (χ1) is 18.5. The number of halogens is 4. The number of alkyl halides is 3. The number of hydrogen-bond donors (Lipinski definition) is 1. The molecular weight excluding hydrogens is 543 g/mol. The van der Waals surface area contributed by atoms with E-state index in [4.69, 9.17) is 16.3 Å². The highest BCUT2D eigenvalue weighted by Crippen LogP contribution is 2.24. The quantitative estimate of drug-likeness (QED) is 0.326. The van der Waals surface area contributed by atoms with E-state index in [1.54, 1.807) is 12.1 Å². The first-order valence-corrected chi connectivity index (χ1v) is 11.8. The second-order valence-corrected chi connectivity index (χ2v) is 8.58. The van der Waals surface area contributed by atoms with Crippen molar-refractivity contribution >= 4 is 23.5 Å². The van der Waals surface area contributed by atoms with Gasteiger partial charge in [-0.25, -0.2) is 23.9 Å². The Hall–Kier alpha value is -4.46. The molecule has 2 heterocycles. The lowest BCUT2D eigenvalue weighted by molar-refractivity contribution is -0.136. The maximum Gasteiger partial charge on any atom is 0.390 e. The molecule has 15 heteroatoms. The van der Waals surface area contributed by atoms with Gasteiger partial charge in [0.1, 0.15) is 6.54 Å². The number of rotatable bonds is 8. The number of carbonyl (C=O) groups excluding carboxylic acids is 2. The summed E-state index contributed by atoms with van der Waals surface area (Å²) >= 11 is 5.92. The lowest BCUT2D eigenvalue weighted by Gasteiger charge is -2.09. The number of methoxy groups -OCH3 is 1. The maximum absolute atomic E-state index is 13.1. The zero-order valence-corrected chi connectivity index (χ0v) is 21.3. The summed E-state index contributed by atoms with van der Waals surface area (Å²) in [5, 5.41) is 11.4. The van der Waals surface area contributed by atoms with Gasteiger partial charge in [-0.15, -0.1) is 10.2 Å². The van der Waals surface area contributed by atoms with Gasteiger partial charge in [0.05, 0.1) is 24.8 Å². The van der Waals surface area contributed by atoms with Crippen LogP contribution in [-0.2, 0) is 17.8 Å². The van der Waals surface area contributed by atoms with Crippen LogP contribution in [0.25, 0.3) is 17.1 Å². The van der Waals surface area contributed by atoms with E-state index in [0.29, 0.717) is 10.6 Å². The SMILES string of the molecule is CNC(=O)c1ccccc1-n1nc(Cn2nc(-c3ccc(Cl)cc3)n(CCC(F)(F)F)c2=O)nc1C(=O)OC. The fourth-order valence-corrected chi connectivity index (χ4v) is 3.85. The number of para-hydroxylation sites is 1. The normalized spacial score (nSPS) is 11.4. The summed E-state index contributed by atoms with van der Waals surface area (Å²) in [6.45, 7) is -1.06. The Morgan fingerprint density at radius 2 is 1.77 bits per heavy atom. The third-order valence-corrected chi connectivity index (χ3v) is 5.81. The Morgan fingerprint density at radius 1 is 1.08 bits per heavy atom. The van der Waals surface area contributed by atoms with Gasteiger partial charge in [-0.2, -0.15) is 13.2 Å². The molecule has 0 saturated heterocycles. The molecule has 2 aromatic carbocycles. The van der Waals surface area contributed by atoms with E-state index in [9.17, 15) is 27.6 Å². The number of esters is 1. The highest BCUT2D eigenvalue weighted by atomic mass is 35.5. The number of ether oxygens (including phenoxy) is 1. The number of benzene rings is 2. The lowest BCUT2D eigenvalue weighted by atomic mass is 10.1. The van der Waals surface area contributed by atoms with Gasteiger partial charge >= 0.3 is 17.8 Å². The van der Waals surface area contributed by atoms with Crippen LogP contribution >= 0.6 is 11.6 Å². The molecule has 0 radical (unpaired) electrons. The minimum Gasteiger partial charge on any atom is -0.463 e. The summed E-state index contributed by atoms with van der Waals surface area (Å²) in [4.78, 5) is 42.2. The molecule has 0 unspecified atom stereocenters. The molecule has 0 aliphatic heterocycles. The van der Waals surface area contributed by atoms with E-state index in [1.165, 1.54) is 43.4 Å². The average molecular weight is 564 g/mol. The van der Waals surface area contributed by atoms with Crippen LogP contribution in [0, 0.1) is 0 Å². The molecule has 11 nitrogen and oxygen atoms in total. The topological polar surface area (TPSA) is 126 Å². The maximum atomic E-state index is 13.1. The first-order valence-electron chi connectivity index (χ1n) is 11.4. The molecule has 4 aromatic rings. The van der Waals surface area contributed by atoms with Crippen molar-refractivity contribution in [2.75, 3.05) is 14.2 Å². The summed E-state index contributed by atoms with van der Waals surface area (Å²) in [7, 11) is 2.57. The Kier molecular flexibility index (Phi) is 7.85. The van der Waals surface area contributed by atoms with Gasteiger partial charge in [0.2, 0.25) is 5.82 Å². The van der Waals surface area contributed by atoms with Crippen LogP contribution < -0.4 is 11.0 Å². The van der Waals surface area contributed by atoms with E-state index in [-0.39, 0.29) is 28.7 Å². The molecule has 4 rings (SSSR count). The van der Waals surface area contributed by atoms with Crippen LogP contribution in [0.3, 0.4) is 0 Å². The molecular formula is C24H21ClF3N7O4. The summed E-state index contributed by atoms with van der Waals surface area (Å²) in [5.74, 6) is -1.70. The molecule has 0 atom stereocenters. The Balaban J connectivity index is 1.79. The minimum absolute atomic E-state index is 0.0153. The summed E-state index contributed by atoms with van der Waals surface area (Å²) in [6.07, 6.45) is -5.76. The second-order valence-electron chi connectivity index (χ2n) is 8.14. The highest BCUT2D eigenvalue weighted by Gasteiger charge is 2.29. The molecule has 0 fully saturated rings. The van der Waals surface area contributed by atoms with Crippen LogP contribution in [0.4, 0.5) is 13.2 Å². The Labute approximate surface area is 223 Å². The largest absolute Gasteiger partial charge is 0.463 e. The van der Waals surface area contributed by atoms with E-state index < -0.39 is 43.3 Å². The summed E-state index contributed by atoms with van der Waals surface area (Å²) in [6, 6.07) is 12.4. The van der Waals surface area contributed by atoms with Gasteiger partial charge < -0.3 is 10.1 Å². The first kappa shape index (κ1) is 27.6. The number of hydrogen-bond acceptors (Lipinski definition) is 7. The molecule has 1 amide bonds. The molecule has 0 spiro atoms. The van der Waals surface area contributed by atoms with Crippen LogP contribution in [0.5, 0.6) is 0 Å². The third kappa shape index (κ3) is 6.00. The average Bonchev–Trinajstić information content (AvgIpc) is 3.47. The number of amides is 1. The molecule has 2 aromatic heterocycles.